The van der Waals surface area contributed by atoms with E-state index in [0.29, 0.717) is 16.8 Å². The van der Waals surface area contributed by atoms with Gasteiger partial charge in [0.15, 0.2) is 0 Å². The predicted octanol–water partition coefficient (Wildman–Crippen LogP) is 2.57. The second-order valence-electron chi connectivity index (χ2n) is 6.47. The van der Waals surface area contributed by atoms with Crippen LogP contribution in [0.4, 0.5) is 11.4 Å². The Morgan fingerprint density at radius 3 is 2.52 bits per heavy atom. The van der Waals surface area contributed by atoms with Crippen molar-refractivity contribution in [1.82, 2.24) is 4.98 Å². The summed E-state index contributed by atoms with van der Waals surface area (Å²) in [5, 5.41) is 9.70. The number of nitrogens with one attached hydrogen (secondary N) is 3. The third kappa shape index (κ3) is 4.44. The maximum atomic E-state index is 12.5. The molecule has 0 spiro atoms. The van der Waals surface area contributed by atoms with Crippen molar-refractivity contribution in [1.29, 1.82) is 5.41 Å². The third-order valence-corrected chi connectivity index (χ3v) is 4.60. The molecule has 0 radical (unpaired) electrons. The monoisotopic (exact) mass is 365 g/mol. The number of hydrogen-bond donors (Lipinski definition) is 4. The highest BCUT2D eigenvalue weighted by molar-refractivity contribution is 6.04. The molecule has 1 aliphatic rings. The molecule has 1 aromatic heterocycles. The molecule has 1 aliphatic heterocycles. The number of aromatic amines is 1. The second kappa shape index (κ2) is 8.35. The quantitative estimate of drug-likeness (QED) is 0.610. The molecule has 1 fully saturated rings. The van der Waals surface area contributed by atoms with Gasteiger partial charge in [-0.3, -0.25) is 9.59 Å². The van der Waals surface area contributed by atoms with Crippen LogP contribution in [0.5, 0.6) is 0 Å². The van der Waals surface area contributed by atoms with Crippen LogP contribution >= 0.6 is 0 Å². The molecule has 2 aromatic rings. The summed E-state index contributed by atoms with van der Waals surface area (Å²) in [6, 6.07) is 8.90. The van der Waals surface area contributed by atoms with E-state index in [4.69, 9.17) is 11.1 Å². The lowest BCUT2D eigenvalue weighted by Gasteiger charge is -2.28. The topological polar surface area (TPSA) is 115 Å². The van der Waals surface area contributed by atoms with Gasteiger partial charge in [-0.05, 0) is 55.7 Å². The number of nitrogens with two attached hydrogens (primary N) is 1. The second-order valence-corrected chi connectivity index (χ2v) is 6.47. The Bertz CT molecular complexity index is 909. The maximum absolute atomic E-state index is 12.5. The van der Waals surface area contributed by atoms with Crippen LogP contribution in [-0.4, -0.2) is 30.2 Å². The fourth-order valence-electron chi connectivity index (χ4n) is 3.10. The Morgan fingerprint density at radius 2 is 1.85 bits per heavy atom. The smallest absolute Gasteiger partial charge is 0.271 e. The van der Waals surface area contributed by atoms with Crippen molar-refractivity contribution in [2.75, 3.05) is 23.3 Å². The minimum absolute atomic E-state index is 0.110. The average molecular weight is 365 g/mol. The van der Waals surface area contributed by atoms with E-state index < -0.39 is 5.56 Å². The number of anilines is 2. The number of nitrogens with zero attached hydrogens (tertiary/aromatic N) is 1. The Kier molecular flexibility index (Phi) is 5.71. The lowest BCUT2D eigenvalue weighted by Crippen LogP contribution is -2.29. The number of allylic oxidation sites excluding steroid dienone is 1. The first-order valence-corrected chi connectivity index (χ1v) is 8.94. The fraction of sp³-hybridized carbons (Fsp3) is 0.250. The van der Waals surface area contributed by atoms with E-state index >= 15 is 0 Å². The van der Waals surface area contributed by atoms with Crippen LogP contribution in [0.1, 0.15) is 35.2 Å². The van der Waals surface area contributed by atoms with Crippen molar-refractivity contribution in [2.24, 2.45) is 5.73 Å². The zero-order chi connectivity index (χ0) is 19.2. The van der Waals surface area contributed by atoms with Crippen LogP contribution in [0.25, 0.3) is 5.70 Å². The SMILES string of the molecule is N=CC=C(N)c1c[nH]c(=O)c(NC(=O)c2ccc(N3CCCCC3)cc2)c1. The van der Waals surface area contributed by atoms with Crippen molar-refractivity contribution < 1.29 is 4.79 Å². The number of amides is 1. The summed E-state index contributed by atoms with van der Waals surface area (Å²) in [6.45, 7) is 2.08. The molecular weight excluding hydrogens is 342 g/mol. The molecule has 5 N–H and O–H groups in total. The number of carbonyl (C=O) groups is 1. The number of H-pyrrole nitrogens is 1. The van der Waals surface area contributed by atoms with Crippen LogP contribution in [-0.2, 0) is 0 Å². The number of aromatic nitrogens is 1. The van der Waals surface area contributed by atoms with Crippen molar-refractivity contribution in [2.45, 2.75) is 19.3 Å². The molecule has 1 saturated heterocycles. The van der Waals surface area contributed by atoms with Gasteiger partial charge in [-0.2, -0.15) is 0 Å². The van der Waals surface area contributed by atoms with E-state index in [0.717, 1.165) is 25.0 Å². The van der Waals surface area contributed by atoms with Crippen LogP contribution in [0.3, 0.4) is 0 Å². The Hall–Kier alpha value is -3.35. The highest BCUT2D eigenvalue weighted by Crippen LogP contribution is 2.20. The molecule has 140 valence electrons. The molecule has 3 rings (SSSR count). The molecule has 0 atom stereocenters. The van der Waals surface area contributed by atoms with Crippen molar-refractivity contribution in [3.8, 4) is 0 Å². The van der Waals surface area contributed by atoms with Crippen molar-refractivity contribution >= 4 is 29.2 Å². The average Bonchev–Trinajstić information content (AvgIpc) is 2.70. The van der Waals surface area contributed by atoms with Gasteiger partial charge in [-0.1, -0.05) is 0 Å². The molecule has 0 aliphatic carbocycles. The minimum atomic E-state index is -0.417. The summed E-state index contributed by atoms with van der Waals surface area (Å²) in [4.78, 5) is 29.4. The van der Waals surface area contributed by atoms with Gasteiger partial charge < -0.3 is 26.3 Å². The van der Waals surface area contributed by atoms with Crippen molar-refractivity contribution in [3.05, 3.63) is 64.1 Å². The molecule has 1 aromatic carbocycles. The van der Waals surface area contributed by atoms with Gasteiger partial charge in [0.1, 0.15) is 5.69 Å². The number of hydrogen-bond acceptors (Lipinski definition) is 5. The molecule has 2 heterocycles. The number of rotatable bonds is 5. The van der Waals surface area contributed by atoms with Gasteiger partial charge >= 0.3 is 0 Å². The summed E-state index contributed by atoms with van der Waals surface area (Å²) in [6.07, 6.45) is 7.56. The highest BCUT2D eigenvalue weighted by atomic mass is 16.2. The summed E-state index contributed by atoms with van der Waals surface area (Å²) >= 11 is 0. The normalized spacial score (nSPS) is 14.7. The molecular formula is C20H23N5O2. The Balaban J connectivity index is 1.75. The van der Waals surface area contributed by atoms with Gasteiger partial charge in [0.05, 0.1) is 0 Å². The van der Waals surface area contributed by atoms with Gasteiger partial charge in [0.2, 0.25) is 0 Å². The van der Waals surface area contributed by atoms with Gasteiger partial charge in [-0.15, -0.1) is 0 Å². The van der Waals surface area contributed by atoms with E-state index in [9.17, 15) is 9.59 Å². The number of piperidine rings is 1. The van der Waals surface area contributed by atoms with Gasteiger partial charge in [0.25, 0.3) is 11.5 Å². The van der Waals surface area contributed by atoms with E-state index in [1.807, 2.05) is 12.1 Å². The largest absolute Gasteiger partial charge is 0.398 e. The number of carbonyl (C=O) groups excluding carboxylic acids is 1. The molecule has 0 bridgehead atoms. The lowest BCUT2D eigenvalue weighted by molar-refractivity contribution is 0.102. The molecule has 0 unspecified atom stereocenters. The van der Waals surface area contributed by atoms with E-state index in [1.165, 1.54) is 37.6 Å². The van der Waals surface area contributed by atoms with E-state index in [-0.39, 0.29) is 11.6 Å². The molecule has 0 saturated carbocycles. The number of benzene rings is 1. The molecule has 1 amide bonds. The zero-order valence-corrected chi connectivity index (χ0v) is 15.0. The first kappa shape index (κ1) is 18.4. The van der Waals surface area contributed by atoms with Crippen LogP contribution in [0, 0.1) is 5.41 Å². The standard InChI is InChI=1S/C20H23N5O2/c21-9-8-17(22)15-12-18(20(27)23-13-15)24-19(26)14-4-6-16(7-5-14)25-10-2-1-3-11-25/h4-9,12-13,21H,1-3,10-11,22H2,(H,23,27)(H,24,26). The Labute approximate surface area is 157 Å². The van der Waals surface area contributed by atoms with Crippen LogP contribution in [0.2, 0.25) is 0 Å². The van der Waals surface area contributed by atoms with Gasteiger partial charge in [0, 0.05) is 48.0 Å². The summed E-state index contributed by atoms with van der Waals surface area (Å²) in [5.74, 6) is -0.363. The molecule has 7 heteroatoms. The predicted molar refractivity (Wildman–Crippen MR) is 108 cm³/mol. The molecule has 27 heavy (non-hydrogen) atoms. The fourth-order valence-corrected chi connectivity index (χ4v) is 3.10. The van der Waals surface area contributed by atoms with Crippen LogP contribution in [0.15, 0.2) is 47.4 Å². The third-order valence-electron chi connectivity index (χ3n) is 4.60. The summed E-state index contributed by atoms with van der Waals surface area (Å²) in [5.41, 5.74) is 7.94. The van der Waals surface area contributed by atoms with E-state index in [1.54, 1.807) is 12.1 Å². The van der Waals surface area contributed by atoms with E-state index in [2.05, 4.69) is 15.2 Å². The summed E-state index contributed by atoms with van der Waals surface area (Å²) < 4.78 is 0. The first-order valence-electron chi connectivity index (χ1n) is 8.94. The molecule has 7 nitrogen and oxygen atoms in total. The Morgan fingerprint density at radius 1 is 1.15 bits per heavy atom. The number of pyridine rings is 1. The highest BCUT2D eigenvalue weighted by Gasteiger charge is 2.13. The summed E-state index contributed by atoms with van der Waals surface area (Å²) in [7, 11) is 0. The van der Waals surface area contributed by atoms with Gasteiger partial charge in [-0.25, -0.2) is 0 Å². The first-order chi connectivity index (χ1) is 13.1. The van der Waals surface area contributed by atoms with Crippen molar-refractivity contribution in [3.63, 3.8) is 0 Å². The maximum Gasteiger partial charge on any atom is 0.271 e. The van der Waals surface area contributed by atoms with Crippen LogP contribution < -0.4 is 21.5 Å². The zero-order valence-electron chi connectivity index (χ0n) is 15.0. The minimum Gasteiger partial charge on any atom is -0.398 e. The lowest BCUT2D eigenvalue weighted by atomic mass is 10.1.